The molecule has 0 atom stereocenters. The number of carbonyl (C=O) groups is 1. The van der Waals surface area contributed by atoms with Crippen LogP contribution in [0, 0.1) is 0 Å². The van der Waals surface area contributed by atoms with Gasteiger partial charge in [0.2, 0.25) is 5.91 Å². The summed E-state index contributed by atoms with van der Waals surface area (Å²) in [6, 6.07) is 14.5. The van der Waals surface area contributed by atoms with E-state index in [-0.39, 0.29) is 5.91 Å². The van der Waals surface area contributed by atoms with Crippen molar-refractivity contribution in [1.82, 2.24) is 19.8 Å². The maximum absolute atomic E-state index is 12.4. The molecule has 146 valence electrons. The SMILES string of the molecule is O=C(Cn1ccc2c(SCc3ccccc3)nccc21)NCCN1CCCC1. The number of aromatic nitrogens is 2. The van der Waals surface area contributed by atoms with Crippen LogP contribution < -0.4 is 5.32 Å². The van der Waals surface area contributed by atoms with Gasteiger partial charge in [-0.15, -0.1) is 11.8 Å². The number of amides is 1. The monoisotopic (exact) mass is 394 g/mol. The van der Waals surface area contributed by atoms with Crippen molar-refractivity contribution in [3.05, 3.63) is 60.4 Å². The molecule has 5 nitrogen and oxygen atoms in total. The Balaban J connectivity index is 1.36. The van der Waals surface area contributed by atoms with Crippen LogP contribution in [0.2, 0.25) is 0 Å². The standard InChI is InChI=1S/C22H26N4OS/c27-21(23-11-15-25-12-4-5-13-25)16-26-14-9-19-20(26)8-10-24-22(19)28-17-18-6-2-1-3-7-18/h1-3,6-10,14H,4-5,11-13,15-17H2,(H,23,27). The number of rotatable bonds is 8. The molecule has 1 N–H and O–H groups in total. The number of hydrogen-bond donors (Lipinski definition) is 1. The van der Waals surface area contributed by atoms with Gasteiger partial charge >= 0.3 is 0 Å². The zero-order valence-corrected chi connectivity index (χ0v) is 16.8. The normalized spacial score (nSPS) is 14.6. The number of hydrogen-bond acceptors (Lipinski definition) is 4. The fraction of sp³-hybridized carbons (Fsp3) is 0.364. The molecule has 1 fully saturated rings. The third kappa shape index (κ3) is 4.75. The largest absolute Gasteiger partial charge is 0.353 e. The first-order chi connectivity index (χ1) is 13.8. The number of benzene rings is 1. The Hall–Kier alpha value is -2.31. The van der Waals surface area contributed by atoms with Crippen molar-refractivity contribution in [2.75, 3.05) is 26.2 Å². The first kappa shape index (κ1) is 19.0. The molecular formula is C22H26N4OS. The van der Waals surface area contributed by atoms with E-state index in [0.29, 0.717) is 6.54 Å². The van der Waals surface area contributed by atoms with Crippen LogP contribution in [0.5, 0.6) is 0 Å². The second kappa shape index (κ2) is 9.26. The molecule has 0 aliphatic carbocycles. The first-order valence-corrected chi connectivity index (χ1v) is 10.9. The van der Waals surface area contributed by atoms with Gasteiger partial charge in [-0.3, -0.25) is 4.79 Å². The highest BCUT2D eigenvalue weighted by Gasteiger charge is 2.13. The molecule has 1 aliphatic heterocycles. The third-order valence-corrected chi connectivity index (χ3v) is 6.22. The second-order valence-electron chi connectivity index (χ2n) is 7.17. The molecular weight excluding hydrogens is 368 g/mol. The van der Waals surface area contributed by atoms with Crippen molar-refractivity contribution in [3.63, 3.8) is 0 Å². The molecule has 28 heavy (non-hydrogen) atoms. The van der Waals surface area contributed by atoms with Gasteiger partial charge in [0.05, 0.1) is 5.52 Å². The minimum atomic E-state index is 0.0620. The third-order valence-electron chi connectivity index (χ3n) is 5.14. The molecule has 1 aliphatic rings. The van der Waals surface area contributed by atoms with Gasteiger partial charge in [0.25, 0.3) is 0 Å². The van der Waals surface area contributed by atoms with Crippen molar-refractivity contribution < 1.29 is 4.79 Å². The number of carbonyl (C=O) groups excluding carboxylic acids is 1. The van der Waals surface area contributed by atoms with Crippen LogP contribution in [0.3, 0.4) is 0 Å². The van der Waals surface area contributed by atoms with Gasteiger partial charge in [-0.05, 0) is 43.6 Å². The van der Waals surface area contributed by atoms with E-state index in [1.807, 2.05) is 29.1 Å². The zero-order chi connectivity index (χ0) is 19.2. The van der Waals surface area contributed by atoms with Gasteiger partial charge in [-0.25, -0.2) is 4.98 Å². The summed E-state index contributed by atoms with van der Waals surface area (Å²) in [5.41, 5.74) is 2.34. The van der Waals surface area contributed by atoms with Crippen molar-refractivity contribution in [3.8, 4) is 0 Å². The lowest BCUT2D eigenvalue weighted by Crippen LogP contribution is -2.35. The lowest BCUT2D eigenvalue weighted by molar-refractivity contribution is -0.121. The second-order valence-corrected chi connectivity index (χ2v) is 8.13. The Morgan fingerprint density at radius 2 is 1.93 bits per heavy atom. The van der Waals surface area contributed by atoms with Crippen LogP contribution in [-0.2, 0) is 17.1 Å². The Kier molecular flexibility index (Phi) is 6.29. The highest BCUT2D eigenvalue weighted by molar-refractivity contribution is 7.98. The number of fused-ring (bicyclic) bond motifs is 1. The highest BCUT2D eigenvalue weighted by atomic mass is 32.2. The summed E-state index contributed by atoms with van der Waals surface area (Å²) in [5.74, 6) is 0.946. The van der Waals surface area contributed by atoms with Gasteiger partial charge in [-0.1, -0.05) is 30.3 Å². The van der Waals surface area contributed by atoms with E-state index in [1.165, 1.54) is 18.4 Å². The predicted molar refractivity (Wildman–Crippen MR) is 114 cm³/mol. The summed E-state index contributed by atoms with van der Waals surface area (Å²) in [6.07, 6.45) is 6.38. The van der Waals surface area contributed by atoms with Gasteiger partial charge in [0, 0.05) is 36.6 Å². The Morgan fingerprint density at radius 1 is 1.11 bits per heavy atom. The van der Waals surface area contributed by atoms with Gasteiger partial charge in [0.15, 0.2) is 0 Å². The molecule has 0 bridgehead atoms. The summed E-state index contributed by atoms with van der Waals surface area (Å²) in [6.45, 7) is 4.33. The van der Waals surface area contributed by atoms with E-state index < -0.39 is 0 Å². The molecule has 3 aromatic rings. The van der Waals surface area contributed by atoms with Crippen molar-refractivity contribution in [2.24, 2.45) is 0 Å². The molecule has 0 radical (unpaired) electrons. The average molecular weight is 395 g/mol. The van der Waals surface area contributed by atoms with Crippen LogP contribution in [0.15, 0.2) is 59.9 Å². The van der Waals surface area contributed by atoms with Crippen molar-refractivity contribution >= 4 is 28.6 Å². The number of likely N-dealkylation sites (tertiary alicyclic amines) is 1. The topological polar surface area (TPSA) is 50.2 Å². The van der Waals surface area contributed by atoms with E-state index in [4.69, 9.17) is 0 Å². The lowest BCUT2D eigenvalue weighted by atomic mass is 10.2. The average Bonchev–Trinajstić information content (AvgIpc) is 3.38. The van der Waals surface area contributed by atoms with E-state index in [2.05, 4.69) is 45.5 Å². The number of nitrogens with zero attached hydrogens (tertiary/aromatic N) is 3. The summed E-state index contributed by atoms with van der Waals surface area (Å²) in [7, 11) is 0. The highest BCUT2D eigenvalue weighted by Crippen LogP contribution is 2.29. The maximum Gasteiger partial charge on any atom is 0.239 e. The fourth-order valence-electron chi connectivity index (χ4n) is 3.65. The lowest BCUT2D eigenvalue weighted by Gasteiger charge is -2.15. The van der Waals surface area contributed by atoms with E-state index in [1.54, 1.807) is 11.8 Å². The van der Waals surface area contributed by atoms with Crippen molar-refractivity contribution in [2.45, 2.75) is 30.2 Å². The Bertz CT molecular complexity index is 919. The van der Waals surface area contributed by atoms with Gasteiger partial charge in [0.1, 0.15) is 11.6 Å². The minimum absolute atomic E-state index is 0.0620. The molecule has 1 aromatic carbocycles. The minimum Gasteiger partial charge on any atom is -0.353 e. The molecule has 0 spiro atoms. The maximum atomic E-state index is 12.4. The van der Waals surface area contributed by atoms with Crippen LogP contribution in [-0.4, -0.2) is 46.5 Å². The molecule has 1 amide bonds. The molecule has 1 saturated heterocycles. The fourth-order valence-corrected chi connectivity index (χ4v) is 4.60. The summed E-state index contributed by atoms with van der Waals surface area (Å²) in [5, 5.41) is 5.17. The summed E-state index contributed by atoms with van der Waals surface area (Å²) >= 11 is 1.73. The molecule has 0 unspecified atom stereocenters. The van der Waals surface area contributed by atoms with E-state index in [9.17, 15) is 4.79 Å². The summed E-state index contributed by atoms with van der Waals surface area (Å²) < 4.78 is 2.01. The van der Waals surface area contributed by atoms with E-state index in [0.717, 1.165) is 47.9 Å². The molecule has 0 saturated carbocycles. The van der Waals surface area contributed by atoms with Crippen LogP contribution in [0.25, 0.3) is 10.9 Å². The van der Waals surface area contributed by atoms with Crippen LogP contribution in [0.4, 0.5) is 0 Å². The Labute approximate surface area is 170 Å². The molecule has 2 aromatic heterocycles. The molecule has 3 heterocycles. The Morgan fingerprint density at radius 3 is 2.75 bits per heavy atom. The number of pyridine rings is 1. The molecule has 6 heteroatoms. The van der Waals surface area contributed by atoms with E-state index >= 15 is 0 Å². The van der Waals surface area contributed by atoms with Crippen molar-refractivity contribution in [1.29, 1.82) is 0 Å². The first-order valence-electron chi connectivity index (χ1n) is 9.89. The smallest absolute Gasteiger partial charge is 0.239 e. The van der Waals surface area contributed by atoms with Gasteiger partial charge in [-0.2, -0.15) is 0 Å². The predicted octanol–water partition coefficient (Wildman–Crippen LogP) is 3.54. The van der Waals surface area contributed by atoms with Gasteiger partial charge < -0.3 is 14.8 Å². The quantitative estimate of drug-likeness (QED) is 0.594. The molecule has 4 rings (SSSR count). The summed E-state index contributed by atoms with van der Waals surface area (Å²) in [4.78, 5) is 19.3. The van der Waals surface area contributed by atoms with Crippen LogP contribution >= 0.6 is 11.8 Å². The zero-order valence-electron chi connectivity index (χ0n) is 16.0. The van der Waals surface area contributed by atoms with Crippen LogP contribution in [0.1, 0.15) is 18.4 Å². The number of thioether (sulfide) groups is 1. The number of nitrogens with one attached hydrogen (secondary N) is 1.